The average molecular weight is 360 g/mol. The van der Waals surface area contributed by atoms with Gasteiger partial charge in [0.25, 0.3) is 0 Å². The van der Waals surface area contributed by atoms with E-state index < -0.39 is 11.7 Å². The molecule has 0 heterocycles. The second-order valence-corrected chi connectivity index (χ2v) is 5.90. The maximum Gasteiger partial charge on any atom is 0.313 e. The number of benzene rings is 1. The molecule has 1 rings (SSSR count). The van der Waals surface area contributed by atoms with Gasteiger partial charge in [0.1, 0.15) is 5.82 Å². The maximum absolute atomic E-state index is 13.6. The van der Waals surface area contributed by atoms with Crippen LogP contribution in [0.2, 0.25) is 0 Å². The largest absolute Gasteiger partial charge is 0.466 e. The van der Waals surface area contributed by atoms with Gasteiger partial charge in [-0.15, -0.1) is 0 Å². The molecule has 1 atom stereocenters. The second-order valence-electron chi connectivity index (χ2n) is 5.04. The highest BCUT2D eigenvalue weighted by Crippen LogP contribution is 2.34. The average Bonchev–Trinajstić information content (AvgIpc) is 2.43. The van der Waals surface area contributed by atoms with Gasteiger partial charge in [-0.05, 0) is 47.0 Å². The third-order valence-corrected chi connectivity index (χ3v) is 4.08. The molecule has 2 N–H and O–H groups in total. The molecule has 0 aliphatic heterocycles. The predicted molar refractivity (Wildman–Crippen MR) is 86.6 cm³/mol. The highest BCUT2D eigenvalue weighted by molar-refractivity contribution is 9.10. The Morgan fingerprint density at radius 2 is 2.05 bits per heavy atom. The molecule has 0 saturated carbocycles. The van der Waals surface area contributed by atoms with Crippen molar-refractivity contribution in [1.82, 2.24) is 0 Å². The first kappa shape index (κ1) is 18.0. The van der Waals surface area contributed by atoms with E-state index in [4.69, 9.17) is 10.5 Å². The normalized spacial score (nSPS) is 12.2. The predicted octanol–water partition coefficient (Wildman–Crippen LogP) is 4.79. The van der Waals surface area contributed by atoms with E-state index >= 15 is 0 Å². The first-order valence-corrected chi connectivity index (χ1v) is 8.21. The summed E-state index contributed by atoms with van der Waals surface area (Å²) in [5.41, 5.74) is 6.91. The van der Waals surface area contributed by atoms with E-state index in [1.54, 1.807) is 6.92 Å². The van der Waals surface area contributed by atoms with Crippen molar-refractivity contribution in [2.75, 3.05) is 12.3 Å². The van der Waals surface area contributed by atoms with Gasteiger partial charge in [0.15, 0.2) is 0 Å². The van der Waals surface area contributed by atoms with Gasteiger partial charge in [0, 0.05) is 4.47 Å². The zero-order valence-electron chi connectivity index (χ0n) is 12.6. The highest BCUT2D eigenvalue weighted by Gasteiger charge is 2.25. The van der Waals surface area contributed by atoms with Gasteiger partial charge in [-0.25, -0.2) is 4.39 Å². The van der Waals surface area contributed by atoms with Crippen molar-refractivity contribution in [2.24, 2.45) is 0 Å². The van der Waals surface area contributed by atoms with Crippen LogP contribution >= 0.6 is 15.9 Å². The Kier molecular flexibility index (Phi) is 7.72. The Labute approximate surface area is 134 Å². The van der Waals surface area contributed by atoms with Gasteiger partial charge in [-0.3, -0.25) is 4.79 Å². The maximum atomic E-state index is 13.6. The fraction of sp³-hybridized carbons (Fsp3) is 0.562. The van der Waals surface area contributed by atoms with Crippen LogP contribution in [0.3, 0.4) is 0 Å². The molecule has 0 bridgehead atoms. The van der Waals surface area contributed by atoms with Crippen molar-refractivity contribution in [3.63, 3.8) is 0 Å². The summed E-state index contributed by atoms with van der Waals surface area (Å²) in [7, 11) is 0. The summed E-state index contributed by atoms with van der Waals surface area (Å²) in [5, 5.41) is 0. The molecule has 21 heavy (non-hydrogen) atoms. The second kappa shape index (κ2) is 9.03. The summed E-state index contributed by atoms with van der Waals surface area (Å²) in [6.45, 7) is 4.20. The standard InChI is InChI=1S/C16H23BrFNO2/c1-3-5-6-7-8-12(16(20)21-4-2)13-9-11(18)10-14(17)15(13)19/h9-10,12H,3-8,19H2,1-2H3. The van der Waals surface area contributed by atoms with Crippen molar-refractivity contribution < 1.29 is 13.9 Å². The van der Waals surface area contributed by atoms with E-state index in [-0.39, 0.29) is 5.97 Å². The lowest BCUT2D eigenvalue weighted by Crippen LogP contribution is -2.18. The number of hydrogen-bond donors (Lipinski definition) is 1. The molecule has 5 heteroatoms. The third kappa shape index (κ3) is 5.30. The highest BCUT2D eigenvalue weighted by atomic mass is 79.9. The molecule has 0 fully saturated rings. The Morgan fingerprint density at radius 1 is 1.33 bits per heavy atom. The van der Waals surface area contributed by atoms with Crippen LogP contribution in [-0.4, -0.2) is 12.6 Å². The van der Waals surface area contributed by atoms with Crippen LogP contribution in [0.25, 0.3) is 0 Å². The Morgan fingerprint density at radius 3 is 2.67 bits per heavy atom. The van der Waals surface area contributed by atoms with Crippen molar-refractivity contribution >= 4 is 27.6 Å². The lowest BCUT2D eigenvalue weighted by Gasteiger charge is -2.18. The van der Waals surface area contributed by atoms with Gasteiger partial charge in [0.05, 0.1) is 18.2 Å². The van der Waals surface area contributed by atoms with Crippen molar-refractivity contribution in [3.05, 3.63) is 28.0 Å². The monoisotopic (exact) mass is 359 g/mol. The molecular formula is C16H23BrFNO2. The lowest BCUT2D eigenvalue weighted by molar-refractivity contribution is -0.145. The van der Waals surface area contributed by atoms with E-state index in [1.165, 1.54) is 12.1 Å². The summed E-state index contributed by atoms with van der Waals surface area (Å²) in [6.07, 6.45) is 4.81. The number of carbonyl (C=O) groups excluding carboxylic acids is 1. The van der Waals surface area contributed by atoms with Crippen molar-refractivity contribution in [3.8, 4) is 0 Å². The summed E-state index contributed by atoms with van der Waals surface area (Å²) >= 11 is 3.23. The van der Waals surface area contributed by atoms with E-state index in [0.29, 0.717) is 28.8 Å². The Bertz CT molecular complexity index is 480. The minimum atomic E-state index is -0.506. The molecule has 118 valence electrons. The summed E-state index contributed by atoms with van der Waals surface area (Å²) in [6, 6.07) is 2.64. The Balaban J connectivity index is 2.97. The molecule has 0 aliphatic carbocycles. The number of rotatable bonds is 8. The number of unbranched alkanes of at least 4 members (excludes halogenated alkanes) is 3. The smallest absolute Gasteiger partial charge is 0.313 e. The molecule has 0 spiro atoms. The fourth-order valence-electron chi connectivity index (χ4n) is 2.31. The SMILES string of the molecule is CCCCCCC(C(=O)OCC)c1cc(F)cc(Br)c1N. The lowest BCUT2D eigenvalue weighted by atomic mass is 9.91. The summed E-state index contributed by atoms with van der Waals surface area (Å²) in [4.78, 5) is 12.2. The molecule has 0 saturated heterocycles. The molecule has 1 aromatic rings. The molecule has 0 aromatic heterocycles. The van der Waals surface area contributed by atoms with Crippen LogP contribution in [0, 0.1) is 5.82 Å². The number of ether oxygens (including phenoxy) is 1. The van der Waals surface area contributed by atoms with Crippen LogP contribution in [0.4, 0.5) is 10.1 Å². The zero-order chi connectivity index (χ0) is 15.8. The van der Waals surface area contributed by atoms with Crippen molar-refractivity contribution in [2.45, 2.75) is 51.9 Å². The number of halogens is 2. The van der Waals surface area contributed by atoms with Crippen LogP contribution in [0.1, 0.15) is 57.4 Å². The molecule has 0 aliphatic rings. The van der Waals surface area contributed by atoms with Crippen LogP contribution in [0.5, 0.6) is 0 Å². The van der Waals surface area contributed by atoms with E-state index in [9.17, 15) is 9.18 Å². The third-order valence-electron chi connectivity index (χ3n) is 3.42. The quantitative estimate of drug-likeness (QED) is 0.412. The van der Waals surface area contributed by atoms with E-state index in [1.807, 2.05) is 0 Å². The number of hydrogen-bond acceptors (Lipinski definition) is 3. The van der Waals surface area contributed by atoms with Gasteiger partial charge >= 0.3 is 5.97 Å². The number of nitrogens with two attached hydrogens (primary N) is 1. The van der Waals surface area contributed by atoms with Crippen molar-refractivity contribution in [1.29, 1.82) is 0 Å². The Hall–Kier alpha value is -1.10. The topological polar surface area (TPSA) is 52.3 Å². The van der Waals surface area contributed by atoms with Crippen LogP contribution < -0.4 is 5.73 Å². The minimum absolute atomic E-state index is 0.306. The molecule has 0 radical (unpaired) electrons. The van der Waals surface area contributed by atoms with Gasteiger partial charge in [-0.1, -0.05) is 32.6 Å². The van der Waals surface area contributed by atoms with E-state index in [0.717, 1.165) is 25.7 Å². The molecule has 1 aromatic carbocycles. The number of carbonyl (C=O) groups is 1. The summed E-state index contributed by atoms with van der Waals surface area (Å²) < 4.78 is 19.2. The minimum Gasteiger partial charge on any atom is -0.466 e. The fourth-order valence-corrected chi connectivity index (χ4v) is 2.76. The molecule has 3 nitrogen and oxygen atoms in total. The zero-order valence-corrected chi connectivity index (χ0v) is 14.2. The van der Waals surface area contributed by atoms with Gasteiger partial charge < -0.3 is 10.5 Å². The number of esters is 1. The number of nitrogen functional groups attached to an aromatic ring is 1. The molecular weight excluding hydrogens is 337 g/mol. The van der Waals surface area contributed by atoms with E-state index in [2.05, 4.69) is 22.9 Å². The van der Waals surface area contributed by atoms with Crippen LogP contribution in [-0.2, 0) is 9.53 Å². The molecule has 1 unspecified atom stereocenters. The summed E-state index contributed by atoms with van der Waals surface area (Å²) in [5.74, 6) is -1.25. The molecule has 0 amide bonds. The first-order valence-electron chi connectivity index (χ1n) is 7.42. The van der Waals surface area contributed by atoms with Gasteiger partial charge in [-0.2, -0.15) is 0 Å². The van der Waals surface area contributed by atoms with Gasteiger partial charge in [0.2, 0.25) is 0 Å². The van der Waals surface area contributed by atoms with Crippen LogP contribution in [0.15, 0.2) is 16.6 Å². The number of anilines is 1. The first-order chi connectivity index (χ1) is 10.0.